The normalized spacial score (nSPS) is 14.0. The van der Waals surface area contributed by atoms with Crippen LogP contribution in [0.1, 0.15) is 34.6 Å². The summed E-state index contributed by atoms with van der Waals surface area (Å²) in [4.78, 5) is 22.5. The number of hydrogen-bond donors (Lipinski definition) is 3. The maximum absolute atomic E-state index is 11.5. The van der Waals surface area contributed by atoms with Crippen LogP contribution in [0.4, 0.5) is 4.79 Å². The molecule has 0 heterocycles. The standard InChI is InChI=1S/C11H21NO5/c1-10(2,3)17-9(16)12-7(8(14)15)11(4,5)6-13/h7,13H,6H2,1-5H3,(H,12,16)(H,14,15)/t7-/m1/s1. The molecule has 0 unspecified atom stereocenters. The molecule has 0 radical (unpaired) electrons. The van der Waals surface area contributed by atoms with Crippen molar-refractivity contribution in [3.8, 4) is 0 Å². The third-order valence-electron chi connectivity index (χ3n) is 2.10. The number of ether oxygens (including phenoxy) is 1. The second-order valence-electron chi connectivity index (χ2n) is 5.56. The zero-order valence-corrected chi connectivity index (χ0v) is 10.9. The highest BCUT2D eigenvalue weighted by atomic mass is 16.6. The van der Waals surface area contributed by atoms with E-state index in [1.807, 2.05) is 0 Å². The van der Waals surface area contributed by atoms with E-state index in [1.165, 1.54) is 0 Å². The van der Waals surface area contributed by atoms with Gasteiger partial charge < -0.3 is 20.3 Å². The minimum Gasteiger partial charge on any atom is -0.480 e. The van der Waals surface area contributed by atoms with Crippen LogP contribution in [0.2, 0.25) is 0 Å². The number of aliphatic carboxylic acids is 1. The Morgan fingerprint density at radius 2 is 1.71 bits per heavy atom. The molecule has 0 saturated heterocycles. The number of aliphatic hydroxyl groups is 1. The molecule has 1 atom stereocenters. The monoisotopic (exact) mass is 247 g/mol. The van der Waals surface area contributed by atoms with Crippen molar-refractivity contribution < 1.29 is 24.5 Å². The minimum atomic E-state index is -1.21. The summed E-state index contributed by atoms with van der Waals surface area (Å²) in [5, 5.41) is 20.4. The molecule has 17 heavy (non-hydrogen) atoms. The molecule has 0 rings (SSSR count). The van der Waals surface area contributed by atoms with E-state index >= 15 is 0 Å². The van der Waals surface area contributed by atoms with Gasteiger partial charge in [0.15, 0.2) is 0 Å². The molecule has 0 aliphatic rings. The van der Waals surface area contributed by atoms with E-state index in [4.69, 9.17) is 14.9 Å². The molecule has 0 spiro atoms. The molecule has 0 aliphatic heterocycles. The second kappa shape index (κ2) is 5.35. The van der Waals surface area contributed by atoms with E-state index in [1.54, 1.807) is 34.6 Å². The van der Waals surface area contributed by atoms with E-state index < -0.39 is 29.1 Å². The number of hydrogen-bond acceptors (Lipinski definition) is 4. The number of alkyl carbamates (subject to hydrolysis) is 1. The molecule has 0 saturated carbocycles. The van der Waals surface area contributed by atoms with Gasteiger partial charge in [0.05, 0.1) is 6.61 Å². The van der Waals surface area contributed by atoms with Gasteiger partial charge in [0.25, 0.3) is 0 Å². The molecule has 0 aromatic heterocycles. The van der Waals surface area contributed by atoms with Crippen LogP contribution in [0.5, 0.6) is 0 Å². The molecule has 0 aromatic carbocycles. The van der Waals surface area contributed by atoms with Crippen molar-refractivity contribution in [3.05, 3.63) is 0 Å². The SMILES string of the molecule is CC(C)(C)OC(=O)N[C@H](C(=O)O)C(C)(C)CO. The fourth-order valence-corrected chi connectivity index (χ4v) is 1.11. The lowest BCUT2D eigenvalue weighted by atomic mass is 9.85. The van der Waals surface area contributed by atoms with Crippen LogP contribution in [0.3, 0.4) is 0 Å². The maximum Gasteiger partial charge on any atom is 0.408 e. The highest BCUT2D eigenvalue weighted by molar-refractivity contribution is 5.80. The summed E-state index contributed by atoms with van der Waals surface area (Å²) in [6.07, 6.45) is -0.813. The topological polar surface area (TPSA) is 95.9 Å². The van der Waals surface area contributed by atoms with E-state index in [0.29, 0.717) is 0 Å². The third-order valence-corrected chi connectivity index (χ3v) is 2.10. The van der Waals surface area contributed by atoms with E-state index in [2.05, 4.69) is 5.32 Å². The maximum atomic E-state index is 11.5. The van der Waals surface area contributed by atoms with Crippen molar-refractivity contribution in [1.29, 1.82) is 0 Å². The van der Waals surface area contributed by atoms with Gasteiger partial charge in [-0.15, -0.1) is 0 Å². The largest absolute Gasteiger partial charge is 0.480 e. The first kappa shape index (κ1) is 15.7. The molecule has 6 nitrogen and oxygen atoms in total. The van der Waals surface area contributed by atoms with Crippen molar-refractivity contribution in [3.63, 3.8) is 0 Å². The lowest BCUT2D eigenvalue weighted by molar-refractivity contribution is -0.143. The zero-order chi connectivity index (χ0) is 13.9. The molecule has 0 aliphatic carbocycles. The summed E-state index contributed by atoms with van der Waals surface area (Å²) in [6.45, 7) is 7.77. The van der Waals surface area contributed by atoms with Crippen LogP contribution < -0.4 is 5.32 Å². The zero-order valence-electron chi connectivity index (χ0n) is 10.9. The quantitative estimate of drug-likeness (QED) is 0.688. The third kappa shape index (κ3) is 5.53. The molecule has 3 N–H and O–H groups in total. The van der Waals surface area contributed by atoms with Gasteiger partial charge >= 0.3 is 12.1 Å². The number of rotatable bonds is 4. The van der Waals surface area contributed by atoms with Crippen LogP contribution in [0.25, 0.3) is 0 Å². The molecule has 1 amide bonds. The van der Waals surface area contributed by atoms with E-state index in [9.17, 15) is 9.59 Å². The predicted octanol–water partition coefficient (Wildman–Crippen LogP) is 0.983. The van der Waals surface area contributed by atoms with Crippen LogP contribution in [-0.2, 0) is 9.53 Å². The number of carboxylic acids is 1. The number of amides is 1. The first-order valence-corrected chi connectivity index (χ1v) is 5.33. The van der Waals surface area contributed by atoms with E-state index in [0.717, 1.165) is 0 Å². The Bertz CT molecular complexity index is 293. The summed E-state index contributed by atoms with van der Waals surface area (Å²) in [7, 11) is 0. The van der Waals surface area contributed by atoms with Gasteiger partial charge in [0.1, 0.15) is 11.6 Å². The van der Waals surface area contributed by atoms with Crippen molar-refractivity contribution in [2.45, 2.75) is 46.3 Å². The number of nitrogens with one attached hydrogen (secondary N) is 1. The summed E-state index contributed by atoms with van der Waals surface area (Å²) in [5.41, 5.74) is -1.67. The Balaban J connectivity index is 4.69. The molecular weight excluding hydrogens is 226 g/mol. The Morgan fingerprint density at radius 1 is 1.24 bits per heavy atom. The van der Waals surface area contributed by atoms with Crippen LogP contribution in [-0.4, -0.2) is 40.5 Å². The Morgan fingerprint density at radius 3 is 2.00 bits per heavy atom. The van der Waals surface area contributed by atoms with Gasteiger partial charge in [-0.05, 0) is 20.8 Å². The average molecular weight is 247 g/mol. The molecule has 6 heteroatoms. The van der Waals surface area contributed by atoms with Crippen molar-refractivity contribution >= 4 is 12.1 Å². The van der Waals surface area contributed by atoms with Gasteiger partial charge in [-0.1, -0.05) is 13.8 Å². The molecule has 0 fully saturated rings. The first-order valence-electron chi connectivity index (χ1n) is 5.33. The highest BCUT2D eigenvalue weighted by Crippen LogP contribution is 2.20. The van der Waals surface area contributed by atoms with Crippen molar-refractivity contribution in [2.24, 2.45) is 5.41 Å². The van der Waals surface area contributed by atoms with Gasteiger partial charge in [0, 0.05) is 5.41 Å². The molecule has 0 bridgehead atoms. The molecular formula is C11H21NO5. The highest BCUT2D eigenvalue weighted by Gasteiger charge is 2.37. The summed E-state index contributed by atoms with van der Waals surface area (Å²) in [6, 6.07) is -1.21. The Kier molecular flexibility index (Phi) is 4.94. The number of carbonyl (C=O) groups excluding carboxylic acids is 1. The smallest absolute Gasteiger partial charge is 0.408 e. The fraction of sp³-hybridized carbons (Fsp3) is 0.818. The van der Waals surface area contributed by atoms with Crippen LogP contribution in [0, 0.1) is 5.41 Å². The summed E-state index contributed by atoms with van der Waals surface area (Å²) in [5.74, 6) is -1.21. The van der Waals surface area contributed by atoms with Crippen LogP contribution in [0.15, 0.2) is 0 Å². The Labute approximate surface area is 101 Å². The van der Waals surface area contributed by atoms with Crippen LogP contribution >= 0.6 is 0 Å². The van der Waals surface area contributed by atoms with E-state index in [-0.39, 0.29) is 6.61 Å². The lowest BCUT2D eigenvalue weighted by Crippen LogP contribution is -2.52. The predicted molar refractivity (Wildman–Crippen MR) is 61.7 cm³/mol. The van der Waals surface area contributed by atoms with Gasteiger partial charge in [-0.2, -0.15) is 0 Å². The fourth-order valence-electron chi connectivity index (χ4n) is 1.11. The summed E-state index contributed by atoms with van der Waals surface area (Å²) < 4.78 is 4.96. The molecule has 0 aromatic rings. The van der Waals surface area contributed by atoms with Gasteiger partial charge in [-0.25, -0.2) is 9.59 Å². The average Bonchev–Trinajstić information content (AvgIpc) is 2.10. The number of carbonyl (C=O) groups is 2. The van der Waals surface area contributed by atoms with Crippen molar-refractivity contribution in [1.82, 2.24) is 5.32 Å². The number of carboxylic acid groups (broad SMARTS) is 1. The number of aliphatic hydroxyl groups excluding tert-OH is 1. The minimum absolute atomic E-state index is 0.361. The first-order chi connectivity index (χ1) is 7.49. The lowest BCUT2D eigenvalue weighted by Gasteiger charge is -2.30. The van der Waals surface area contributed by atoms with Gasteiger partial charge in [0.2, 0.25) is 0 Å². The van der Waals surface area contributed by atoms with Gasteiger partial charge in [-0.3, -0.25) is 0 Å². The summed E-state index contributed by atoms with van der Waals surface area (Å²) >= 11 is 0. The Hall–Kier alpha value is -1.30. The van der Waals surface area contributed by atoms with Crippen molar-refractivity contribution in [2.75, 3.05) is 6.61 Å². The second-order valence-corrected chi connectivity index (χ2v) is 5.56. The molecule has 100 valence electrons.